The molecule has 1 aliphatic rings. The van der Waals surface area contributed by atoms with Crippen LogP contribution in [0.3, 0.4) is 0 Å². The summed E-state index contributed by atoms with van der Waals surface area (Å²) >= 11 is 1.81. The van der Waals surface area contributed by atoms with E-state index < -0.39 is 0 Å². The summed E-state index contributed by atoms with van der Waals surface area (Å²) < 4.78 is 8.97. The average molecular weight is 657 g/mol. The summed E-state index contributed by atoms with van der Waals surface area (Å²) in [5, 5.41) is 6.99. The zero-order valence-electron chi connectivity index (χ0n) is 26.9. The number of allylic oxidation sites excluding steroid dienone is 3. The molecule has 0 bridgehead atoms. The van der Waals surface area contributed by atoms with Crippen LogP contribution in [0.25, 0.3) is 69.7 Å². The molecule has 1 aliphatic heterocycles. The number of thiophene rings is 1. The largest absolute Gasteiger partial charge is 0.456 e. The lowest BCUT2D eigenvalue weighted by atomic mass is 9.98. The number of furan rings is 1. The lowest BCUT2D eigenvalue weighted by molar-refractivity contribution is 0.669. The van der Waals surface area contributed by atoms with Crippen LogP contribution in [0, 0.1) is 0 Å². The third-order valence-electron chi connectivity index (χ3n) is 9.53. The maximum absolute atomic E-state index is 6.48. The summed E-state index contributed by atoms with van der Waals surface area (Å²) in [6.07, 6.45) is 6.26. The molecule has 0 fully saturated rings. The Labute approximate surface area is 292 Å². The first-order valence-electron chi connectivity index (χ1n) is 16.7. The zero-order valence-corrected chi connectivity index (χ0v) is 27.7. The van der Waals surface area contributed by atoms with Gasteiger partial charge in [-0.3, -0.25) is 0 Å². The number of rotatable bonds is 4. The molecule has 10 rings (SSSR count). The van der Waals surface area contributed by atoms with Gasteiger partial charge in [-0.05, 0) is 64.4 Å². The van der Waals surface area contributed by atoms with Gasteiger partial charge in [0.1, 0.15) is 11.2 Å². The van der Waals surface area contributed by atoms with E-state index in [4.69, 9.17) is 14.4 Å². The van der Waals surface area contributed by atoms with Crippen molar-refractivity contribution in [3.8, 4) is 11.1 Å². The van der Waals surface area contributed by atoms with E-state index in [2.05, 4.69) is 140 Å². The van der Waals surface area contributed by atoms with Crippen LogP contribution in [-0.4, -0.2) is 11.5 Å². The van der Waals surface area contributed by atoms with E-state index in [0.29, 0.717) is 5.84 Å². The van der Waals surface area contributed by atoms with Gasteiger partial charge in [0, 0.05) is 47.6 Å². The normalized spacial score (nSPS) is 13.5. The SMILES string of the molecule is C1=CC(c2ccccc2)=NC(c2cccc3oc4ccc(-c5ccc6ccccc6c5)cc4c23)=NC(c2cccc3c2sc2ccccc23)=C1. The molecule has 0 saturated heterocycles. The predicted octanol–water partition coefficient (Wildman–Crippen LogP) is 12.6. The van der Waals surface area contributed by atoms with Gasteiger partial charge in [0.25, 0.3) is 0 Å². The lowest BCUT2D eigenvalue weighted by Crippen LogP contribution is -2.07. The molecule has 0 amide bonds. The summed E-state index contributed by atoms with van der Waals surface area (Å²) in [7, 11) is 0. The highest BCUT2D eigenvalue weighted by atomic mass is 32.1. The van der Waals surface area contributed by atoms with E-state index in [9.17, 15) is 0 Å². The number of aliphatic imine (C=N–C) groups is 2. The lowest BCUT2D eigenvalue weighted by Gasteiger charge is -2.12. The highest BCUT2D eigenvalue weighted by Gasteiger charge is 2.19. The van der Waals surface area contributed by atoms with Gasteiger partial charge in [-0.1, -0.05) is 127 Å². The Morgan fingerprint density at radius 2 is 1.26 bits per heavy atom. The first-order valence-corrected chi connectivity index (χ1v) is 17.6. The van der Waals surface area contributed by atoms with Gasteiger partial charge in [-0.25, -0.2) is 9.98 Å². The fraction of sp³-hybridized carbons (Fsp3) is 0. The van der Waals surface area contributed by atoms with Gasteiger partial charge < -0.3 is 4.42 Å². The van der Waals surface area contributed by atoms with E-state index in [0.717, 1.165) is 61.2 Å². The Balaban J connectivity index is 1.20. The smallest absolute Gasteiger partial charge is 0.161 e. The highest BCUT2D eigenvalue weighted by Crippen LogP contribution is 2.40. The molecule has 0 unspecified atom stereocenters. The van der Waals surface area contributed by atoms with E-state index in [1.807, 2.05) is 41.7 Å². The molecule has 0 aliphatic carbocycles. The second-order valence-corrected chi connectivity index (χ2v) is 13.6. The van der Waals surface area contributed by atoms with Gasteiger partial charge in [0.05, 0.1) is 11.4 Å². The molecule has 0 atom stereocenters. The zero-order chi connectivity index (χ0) is 33.0. The molecular formula is C46H28N2OS. The fourth-order valence-corrected chi connectivity index (χ4v) is 8.33. The standard InChI is InChI=1S/C46H28N2OS/c1-2-12-30(13-3-1)39-19-10-20-40(36-17-8-16-35-34-15-6-7-22-43(34)50-45(35)36)48-46(47-39)37-18-9-21-42-44(37)38-28-33(25-26-41(38)49-42)32-24-23-29-11-4-5-14-31(29)27-32/h1-28H. The summed E-state index contributed by atoms with van der Waals surface area (Å²) in [4.78, 5) is 10.8. The second kappa shape index (κ2) is 11.7. The molecule has 0 radical (unpaired) electrons. The van der Waals surface area contributed by atoms with Gasteiger partial charge in [-0.2, -0.15) is 0 Å². The molecule has 2 aromatic heterocycles. The van der Waals surface area contributed by atoms with Gasteiger partial charge in [0.15, 0.2) is 5.84 Å². The van der Waals surface area contributed by atoms with Crippen LogP contribution in [0.4, 0.5) is 0 Å². The topological polar surface area (TPSA) is 37.9 Å². The molecule has 4 heteroatoms. The van der Waals surface area contributed by atoms with Crippen molar-refractivity contribution >= 4 is 81.5 Å². The minimum atomic E-state index is 0.641. The van der Waals surface area contributed by atoms with Crippen molar-refractivity contribution in [2.45, 2.75) is 0 Å². The van der Waals surface area contributed by atoms with Crippen LogP contribution in [0.15, 0.2) is 184 Å². The highest BCUT2D eigenvalue weighted by molar-refractivity contribution is 7.26. The first kappa shape index (κ1) is 28.6. The molecule has 9 aromatic rings. The number of fused-ring (bicyclic) bond motifs is 7. The Morgan fingerprint density at radius 3 is 2.20 bits per heavy atom. The van der Waals surface area contributed by atoms with Crippen molar-refractivity contribution in [3.63, 3.8) is 0 Å². The van der Waals surface area contributed by atoms with Gasteiger partial charge >= 0.3 is 0 Å². The third-order valence-corrected chi connectivity index (χ3v) is 10.7. The summed E-state index contributed by atoms with van der Waals surface area (Å²) in [5.74, 6) is 0.641. The fourth-order valence-electron chi connectivity index (χ4n) is 7.11. The van der Waals surface area contributed by atoms with Crippen LogP contribution in [0.1, 0.15) is 16.7 Å². The Bertz CT molecular complexity index is 2920. The maximum atomic E-state index is 6.48. The van der Waals surface area contributed by atoms with Gasteiger partial charge in [0.2, 0.25) is 0 Å². The summed E-state index contributed by atoms with van der Waals surface area (Å²) in [6.45, 7) is 0. The van der Waals surface area contributed by atoms with E-state index in [-0.39, 0.29) is 0 Å². The average Bonchev–Trinajstić information content (AvgIpc) is 3.73. The maximum Gasteiger partial charge on any atom is 0.161 e. The third kappa shape index (κ3) is 4.80. The van der Waals surface area contributed by atoms with Crippen LogP contribution < -0.4 is 0 Å². The van der Waals surface area contributed by atoms with Crippen molar-refractivity contribution < 1.29 is 4.42 Å². The molecule has 234 valence electrons. The van der Waals surface area contributed by atoms with E-state index in [1.54, 1.807) is 0 Å². The minimum Gasteiger partial charge on any atom is -0.456 e. The molecule has 50 heavy (non-hydrogen) atoms. The van der Waals surface area contributed by atoms with Crippen molar-refractivity contribution in [2.75, 3.05) is 0 Å². The van der Waals surface area contributed by atoms with E-state index >= 15 is 0 Å². The number of hydrogen-bond acceptors (Lipinski definition) is 4. The van der Waals surface area contributed by atoms with E-state index in [1.165, 1.54) is 30.9 Å². The second-order valence-electron chi connectivity index (χ2n) is 12.5. The Hall–Kier alpha value is -6.36. The van der Waals surface area contributed by atoms with Crippen molar-refractivity contribution in [1.82, 2.24) is 0 Å². The number of amidine groups is 1. The molecule has 7 aromatic carbocycles. The van der Waals surface area contributed by atoms with Crippen molar-refractivity contribution in [3.05, 3.63) is 187 Å². The van der Waals surface area contributed by atoms with Crippen LogP contribution in [0.5, 0.6) is 0 Å². The van der Waals surface area contributed by atoms with Crippen LogP contribution in [0.2, 0.25) is 0 Å². The Kier molecular flexibility index (Phi) is 6.68. The van der Waals surface area contributed by atoms with Crippen LogP contribution in [-0.2, 0) is 0 Å². The molecular weight excluding hydrogens is 629 g/mol. The summed E-state index contributed by atoms with van der Waals surface area (Å²) in [5.41, 5.74) is 8.70. The molecule has 3 heterocycles. The van der Waals surface area contributed by atoms with Crippen LogP contribution >= 0.6 is 11.3 Å². The number of nitrogens with zero attached hydrogens (tertiary/aromatic N) is 2. The van der Waals surface area contributed by atoms with Crippen molar-refractivity contribution in [2.24, 2.45) is 9.98 Å². The molecule has 0 spiro atoms. The predicted molar refractivity (Wildman–Crippen MR) is 213 cm³/mol. The minimum absolute atomic E-state index is 0.641. The van der Waals surface area contributed by atoms with Crippen molar-refractivity contribution in [1.29, 1.82) is 0 Å². The molecule has 0 N–H and O–H groups in total. The first-order chi connectivity index (χ1) is 24.8. The summed E-state index contributed by atoms with van der Waals surface area (Å²) in [6, 6.07) is 53.2. The molecule has 3 nitrogen and oxygen atoms in total. The Morgan fingerprint density at radius 1 is 0.500 bits per heavy atom. The number of benzene rings is 7. The quantitative estimate of drug-likeness (QED) is 0.186. The van der Waals surface area contributed by atoms with Gasteiger partial charge in [-0.15, -0.1) is 11.3 Å². The molecule has 0 saturated carbocycles. The number of hydrogen-bond donors (Lipinski definition) is 0. The monoisotopic (exact) mass is 656 g/mol.